The molecule has 5 nitrogen and oxygen atoms in total. The molecule has 0 aliphatic heterocycles. The van der Waals surface area contributed by atoms with Gasteiger partial charge in [0.2, 0.25) is 5.91 Å². The van der Waals surface area contributed by atoms with Gasteiger partial charge in [-0.2, -0.15) is 0 Å². The van der Waals surface area contributed by atoms with Gasteiger partial charge in [-0.15, -0.1) is 0 Å². The van der Waals surface area contributed by atoms with Crippen LogP contribution in [0.2, 0.25) is 0 Å². The second-order valence-corrected chi connectivity index (χ2v) is 5.54. The number of para-hydroxylation sites is 1. The summed E-state index contributed by atoms with van der Waals surface area (Å²) in [5.41, 5.74) is 0.327. The largest absolute Gasteiger partial charge is 0.496 e. The molecule has 26 heavy (non-hydrogen) atoms. The van der Waals surface area contributed by atoms with Crippen molar-refractivity contribution in [2.75, 3.05) is 14.2 Å². The minimum atomic E-state index is -1.02. The third-order valence-corrected chi connectivity index (χ3v) is 3.84. The van der Waals surface area contributed by atoms with Crippen LogP contribution in [0, 0.1) is 11.6 Å². The Kier molecular flexibility index (Phi) is 6.66. The van der Waals surface area contributed by atoms with E-state index in [1.165, 1.54) is 20.3 Å². The van der Waals surface area contributed by atoms with Crippen LogP contribution < -0.4 is 10.1 Å². The Balaban J connectivity index is 2.15. The molecule has 1 atom stereocenters. The molecule has 2 aromatic rings. The van der Waals surface area contributed by atoms with Crippen molar-refractivity contribution in [3.63, 3.8) is 0 Å². The molecule has 2 aromatic carbocycles. The van der Waals surface area contributed by atoms with Crippen LogP contribution in [0.15, 0.2) is 42.5 Å². The quantitative estimate of drug-likeness (QED) is 0.768. The van der Waals surface area contributed by atoms with Crippen LogP contribution in [0.25, 0.3) is 0 Å². The Bertz CT molecular complexity index is 775. The number of hydrogen-bond acceptors (Lipinski definition) is 4. The Hall–Kier alpha value is -2.96. The van der Waals surface area contributed by atoms with E-state index in [1.54, 1.807) is 24.3 Å². The van der Waals surface area contributed by atoms with Crippen molar-refractivity contribution < 1.29 is 27.8 Å². The first-order valence-electron chi connectivity index (χ1n) is 7.88. The maximum absolute atomic E-state index is 13.7. The minimum Gasteiger partial charge on any atom is -0.496 e. The number of methoxy groups -OCH3 is 2. The van der Waals surface area contributed by atoms with Crippen molar-refractivity contribution in [2.24, 2.45) is 0 Å². The minimum absolute atomic E-state index is 0.113. The maximum Gasteiger partial charge on any atom is 0.328 e. The Morgan fingerprint density at radius 1 is 1.04 bits per heavy atom. The number of rotatable bonds is 7. The highest BCUT2D eigenvalue weighted by Crippen LogP contribution is 2.19. The van der Waals surface area contributed by atoms with Crippen molar-refractivity contribution in [1.82, 2.24) is 5.32 Å². The summed E-state index contributed by atoms with van der Waals surface area (Å²) in [6, 6.07) is 9.34. The first-order chi connectivity index (χ1) is 12.5. The van der Waals surface area contributed by atoms with Crippen LogP contribution in [-0.2, 0) is 27.2 Å². The van der Waals surface area contributed by atoms with E-state index in [0.717, 1.165) is 12.1 Å². The average molecular weight is 363 g/mol. The molecule has 1 amide bonds. The van der Waals surface area contributed by atoms with E-state index in [0.29, 0.717) is 11.3 Å². The lowest BCUT2D eigenvalue weighted by Crippen LogP contribution is -2.43. The smallest absolute Gasteiger partial charge is 0.328 e. The van der Waals surface area contributed by atoms with Crippen molar-refractivity contribution in [3.8, 4) is 5.75 Å². The summed E-state index contributed by atoms with van der Waals surface area (Å²) in [5.74, 6) is -2.45. The van der Waals surface area contributed by atoms with E-state index in [9.17, 15) is 18.4 Å². The maximum atomic E-state index is 13.7. The second kappa shape index (κ2) is 8.94. The molecule has 0 radical (unpaired) electrons. The van der Waals surface area contributed by atoms with Crippen molar-refractivity contribution in [2.45, 2.75) is 18.9 Å². The summed E-state index contributed by atoms with van der Waals surface area (Å²) in [7, 11) is 2.69. The lowest BCUT2D eigenvalue weighted by molar-refractivity contribution is -0.145. The first kappa shape index (κ1) is 19.4. The summed E-state index contributed by atoms with van der Waals surface area (Å²) >= 11 is 0. The summed E-state index contributed by atoms with van der Waals surface area (Å²) in [6.45, 7) is 0. The SMILES string of the molecule is COC(=O)[C@@H](Cc1ccccc1OC)NC(=O)Cc1c(F)cccc1F. The molecule has 0 saturated heterocycles. The van der Waals surface area contributed by atoms with E-state index >= 15 is 0 Å². The Morgan fingerprint density at radius 2 is 1.69 bits per heavy atom. The molecule has 0 fully saturated rings. The van der Waals surface area contributed by atoms with Crippen molar-refractivity contribution >= 4 is 11.9 Å². The molecular formula is C19H19F2NO4. The third kappa shape index (κ3) is 4.78. The van der Waals surface area contributed by atoms with Gasteiger partial charge in [-0.1, -0.05) is 24.3 Å². The van der Waals surface area contributed by atoms with Crippen molar-refractivity contribution in [3.05, 3.63) is 65.2 Å². The Labute approximate surface area is 149 Å². The summed E-state index contributed by atoms with van der Waals surface area (Å²) < 4.78 is 37.3. The van der Waals surface area contributed by atoms with Gasteiger partial charge < -0.3 is 14.8 Å². The Morgan fingerprint density at radius 3 is 2.31 bits per heavy atom. The molecule has 0 bridgehead atoms. The number of esters is 1. The number of halogens is 2. The van der Waals surface area contributed by atoms with Crippen molar-refractivity contribution in [1.29, 1.82) is 0 Å². The van der Waals surface area contributed by atoms with Gasteiger partial charge in [-0.05, 0) is 23.8 Å². The van der Waals surface area contributed by atoms with Gasteiger partial charge in [-0.3, -0.25) is 4.79 Å². The molecule has 0 aliphatic rings. The highest BCUT2D eigenvalue weighted by molar-refractivity contribution is 5.86. The number of carbonyl (C=O) groups is 2. The molecule has 2 rings (SSSR count). The summed E-state index contributed by atoms with van der Waals surface area (Å²) in [5, 5.41) is 2.47. The monoisotopic (exact) mass is 363 g/mol. The lowest BCUT2D eigenvalue weighted by Gasteiger charge is -2.18. The standard InChI is InChI=1S/C19H19F2NO4/c1-25-17-9-4-3-6-12(17)10-16(19(24)26-2)22-18(23)11-13-14(20)7-5-8-15(13)21/h3-9,16H,10-11H2,1-2H3,(H,22,23)/t16-/m1/s1. The summed E-state index contributed by atoms with van der Waals surface area (Å²) in [4.78, 5) is 24.2. The fraction of sp³-hybridized carbons (Fsp3) is 0.263. The van der Waals surface area contributed by atoms with Gasteiger partial charge in [0.15, 0.2) is 0 Å². The van der Waals surface area contributed by atoms with Gasteiger partial charge in [0.25, 0.3) is 0 Å². The summed E-state index contributed by atoms with van der Waals surface area (Å²) in [6.07, 6.45) is -0.417. The predicted octanol–water partition coefficient (Wildman–Crippen LogP) is 2.42. The highest BCUT2D eigenvalue weighted by Gasteiger charge is 2.24. The van der Waals surface area contributed by atoms with Crippen LogP contribution in [0.3, 0.4) is 0 Å². The van der Waals surface area contributed by atoms with Crippen LogP contribution >= 0.6 is 0 Å². The topological polar surface area (TPSA) is 64.6 Å². The van der Waals surface area contributed by atoms with Gasteiger partial charge in [0.05, 0.1) is 20.6 Å². The van der Waals surface area contributed by atoms with Gasteiger partial charge >= 0.3 is 5.97 Å². The van der Waals surface area contributed by atoms with E-state index in [4.69, 9.17) is 9.47 Å². The normalized spacial score (nSPS) is 11.5. The molecule has 0 aliphatic carbocycles. The third-order valence-electron chi connectivity index (χ3n) is 3.84. The van der Waals surface area contributed by atoms with Crippen LogP contribution in [-0.4, -0.2) is 32.1 Å². The first-order valence-corrected chi connectivity index (χ1v) is 7.88. The molecule has 138 valence electrons. The molecule has 0 unspecified atom stereocenters. The molecule has 0 spiro atoms. The fourth-order valence-electron chi connectivity index (χ4n) is 2.53. The van der Waals surface area contributed by atoms with Gasteiger partial charge in [0, 0.05) is 12.0 Å². The zero-order valence-electron chi connectivity index (χ0n) is 14.4. The highest BCUT2D eigenvalue weighted by atomic mass is 19.1. The lowest BCUT2D eigenvalue weighted by atomic mass is 10.0. The molecule has 0 aromatic heterocycles. The number of amides is 1. The second-order valence-electron chi connectivity index (χ2n) is 5.54. The number of carbonyl (C=O) groups excluding carboxylic acids is 2. The molecule has 7 heteroatoms. The predicted molar refractivity (Wildman–Crippen MR) is 90.7 cm³/mol. The van der Waals surface area contributed by atoms with E-state index in [-0.39, 0.29) is 12.0 Å². The molecule has 0 saturated carbocycles. The van der Waals surface area contributed by atoms with Crippen LogP contribution in [0.1, 0.15) is 11.1 Å². The fourth-order valence-corrected chi connectivity index (χ4v) is 2.53. The number of ether oxygens (including phenoxy) is 2. The van der Waals surface area contributed by atoms with E-state index in [1.807, 2.05) is 0 Å². The van der Waals surface area contributed by atoms with Gasteiger partial charge in [0.1, 0.15) is 23.4 Å². The van der Waals surface area contributed by atoms with Crippen LogP contribution in [0.4, 0.5) is 8.78 Å². The molecule has 1 N–H and O–H groups in total. The number of hydrogen-bond donors (Lipinski definition) is 1. The molecule has 0 heterocycles. The van der Waals surface area contributed by atoms with Gasteiger partial charge in [-0.25, -0.2) is 13.6 Å². The van der Waals surface area contributed by atoms with E-state index < -0.39 is 36.0 Å². The number of benzene rings is 2. The van der Waals surface area contributed by atoms with E-state index in [2.05, 4.69) is 5.32 Å². The average Bonchev–Trinajstić information content (AvgIpc) is 2.64. The zero-order chi connectivity index (χ0) is 19.1. The molecular weight excluding hydrogens is 344 g/mol. The zero-order valence-corrected chi connectivity index (χ0v) is 14.4. The number of nitrogens with one attached hydrogen (secondary N) is 1. The van der Waals surface area contributed by atoms with Crippen LogP contribution in [0.5, 0.6) is 5.75 Å².